The lowest BCUT2D eigenvalue weighted by Gasteiger charge is -2.31. The zero-order valence-electron chi connectivity index (χ0n) is 19.9. The van der Waals surface area contributed by atoms with Gasteiger partial charge in [0.1, 0.15) is 10.6 Å². The molecule has 0 bridgehead atoms. The highest BCUT2D eigenvalue weighted by Crippen LogP contribution is 2.40. The summed E-state index contributed by atoms with van der Waals surface area (Å²) in [4.78, 5) is 21.6. The molecular formula is C17H27N5O12S3. The Labute approximate surface area is 213 Å². The molecule has 1 fully saturated rings. The fraction of sp³-hybridized carbons (Fsp3) is 0.647. The lowest BCUT2D eigenvalue weighted by molar-refractivity contribution is -0.394. The molecule has 0 spiro atoms. The van der Waals surface area contributed by atoms with Gasteiger partial charge in [0.25, 0.3) is 25.9 Å². The summed E-state index contributed by atoms with van der Waals surface area (Å²) in [6, 6.07) is 0.944. The van der Waals surface area contributed by atoms with E-state index < -0.39 is 88.4 Å². The number of non-ortho nitro benzene ring substituents is 1. The highest BCUT2D eigenvalue weighted by atomic mass is 32.2. The molecule has 1 heterocycles. The lowest BCUT2D eigenvalue weighted by atomic mass is 10.1. The summed E-state index contributed by atoms with van der Waals surface area (Å²) in [6.45, 7) is -2.27. The maximum absolute atomic E-state index is 13.6. The molecule has 17 nitrogen and oxygen atoms in total. The van der Waals surface area contributed by atoms with Crippen LogP contribution < -0.4 is 10.6 Å². The molecule has 0 atom stereocenters. The van der Waals surface area contributed by atoms with Crippen molar-refractivity contribution in [3.63, 3.8) is 0 Å². The Morgan fingerprint density at radius 2 is 1.43 bits per heavy atom. The average Bonchev–Trinajstić information content (AvgIpc) is 2.75. The quantitative estimate of drug-likeness (QED) is 0.171. The Hall–Kier alpha value is -2.49. The van der Waals surface area contributed by atoms with Crippen LogP contribution in [0.15, 0.2) is 17.0 Å². The zero-order valence-corrected chi connectivity index (χ0v) is 22.3. The first-order valence-corrected chi connectivity index (χ1v) is 15.7. The highest BCUT2D eigenvalue weighted by Gasteiger charge is 2.38. The third kappa shape index (κ3) is 8.79. The van der Waals surface area contributed by atoms with Crippen LogP contribution in [-0.2, 0) is 38.6 Å². The van der Waals surface area contributed by atoms with Crippen molar-refractivity contribution in [3.8, 4) is 0 Å². The van der Waals surface area contributed by atoms with Crippen LogP contribution >= 0.6 is 0 Å². The number of sulfonamides is 1. The summed E-state index contributed by atoms with van der Waals surface area (Å²) in [6.07, 6.45) is 2.05. The predicted octanol–water partition coefficient (Wildman–Crippen LogP) is -0.626. The minimum atomic E-state index is -4.57. The van der Waals surface area contributed by atoms with Crippen molar-refractivity contribution >= 4 is 47.3 Å². The van der Waals surface area contributed by atoms with Gasteiger partial charge in [-0.1, -0.05) is 0 Å². The SMILES string of the molecule is CS(=O)(=O)OCCN(CCOS(C)(=O)=O)c1c([N+](=O)[O-])cc([N+](=O)[O-])cc1S(=O)(=O)N1CCC(N)CC1. The average molecular weight is 590 g/mol. The van der Waals surface area contributed by atoms with E-state index in [9.17, 15) is 45.5 Å². The molecule has 0 unspecified atom stereocenters. The Kier molecular flexibility index (Phi) is 9.90. The Morgan fingerprint density at radius 3 is 1.84 bits per heavy atom. The first-order valence-electron chi connectivity index (χ1n) is 10.6. The summed E-state index contributed by atoms with van der Waals surface area (Å²) >= 11 is 0. The number of rotatable bonds is 13. The smallest absolute Gasteiger partial charge is 0.300 e. The van der Waals surface area contributed by atoms with Crippen molar-refractivity contribution in [3.05, 3.63) is 32.4 Å². The van der Waals surface area contributed by atoms with Gasteiger partial charge in [-0.2, -0.15) is 21.1 Å². The fourth-order valence-electron chi connectivity index (χ4n) is 3.53. The minimum absolute atomic E-state index is 0.0478. The van der Waals surface area contributed by atoms with Gasteiger partial charge in [0.2, 0.25) is 10.0 Å². The van der Waals surface area contributed by atoms with Crippen LogP contribution in [0.2, 0.25) is 0 Å². The number of hydrogen-bond donors (Lipinski definition) is 1. The Morgan fingerprint density at radius 1 is 0.946 bits per heavy atom. The van der Waals surface area contributed by atoms with Crippen LogP contribution in [0.25, 0.3) is 0 Å². The summed E-state index contributed by atoms with van der Waals surface area (Å²) in [5.74, 6) is 0. The highest BCUT2D eigenvalue weighted by molar-refractivity contribution is 7.89. The second kappa shape index (κ2) is 11.9. The van der Waals surface area contributed by atoms with Crippen LogP contribution in [0.1, 0.15) is 12.8 Å². The van der Waals surface area contributed by atoms with Crippen molar-refractivity contribution < 1.29 is 43.5 Å². The lowest BCUT2D eigenvalue weighted by Crippen LogP contribution is -2.43. The normalized spacial score (nSPS) is 16.0. The fourth-order valence-corrected chi connectivity index (χ4v) is 6.00. The minimum Gasteiger partial charge on any atom is -0.360 e. The van der Waals surface area contributed by atoms with Gasteiger partial charge in [0, 0.05) is 38.3 Å². The summed E-state index contributed by atoms with van der Waals surface area (Å²) < 4.78 is 83.1. The molecule has 37 heavy (non-hydrogen) atoms. The second-order valence-corrected chi connectivity index (χ2v) is 13.3. The molecule has 0 aliphatic carbocycles. The summed E-state index contributed by atoms with van der Waals surface area (Å²) in [5.41, 5.74) is 3.37. The number of piperidine rings is 1. The molecule has 1 aliphatic heterocycles. The van der Waals surface area contributed by atoms with Gasteiger partial charge in [0.15, 0.2) is 0 Å². The van der Waals surface area contributed by atoms with Crippen molar-refractivity contribution in [1.29, 1.82) is 0 Å². The third-order valence-corrected chi connectivity index (χ3v) is 8.30. The van der Waals surface area contributed by atoms with Crippen molar-refractivity contribution in [2.75, 3.05) is 56.8 Å². The van der Waals surface area contributed by atoms with Gasteiger partial charge in [0.05, 0.1) is 41.6 Å². The maximum atomic E-state index is 13.6. The summed E-state index contributed by atoms with van der Waals surface area (Å²) in [5, 5.41) is 23.4. The van der Waals surface area contributed by atoms with Crippen molar-refractivity contribution in [2.45, 2.75) is 23.8 Å². The molecule has 0 radical (unpaired) electrons. The topological polar surface area (TPSA) is 240 Å². The van der Waals surface area contributed by atoms with E-state index in [4.69, 9.17) is 5.73 Å². The van der Waals surface area contributed by atoms with Crippen molar-refractivity contribution in [2.24, 2.45) is 5.73 Å². The first-order chi connectivity index (χ1) is 16.9. The van der Waals surface area contributed by atoms with E-state index in [0.29, 0.717) is 12.1 Å². The number of nitrogens with two attached hydrogens (primary N) is 1. The number of nitro benzene ring substituents is 2. The molecule has 1 saturated heterocycles. The van der Waals surface area contributed by atoms with Crippen LogP contribution in [-0.4, -0.2) is 97.4 Å². The number of benzene rings is 1. The monoisotopic (exact) mass is 589 g/mol. The maximum Gasteiger partial charge on any atom is 0.300 e. The predicted molar refractivity (Wildman–Crippen MR) is 130 cm³/mol. The standard InChI is InChI=1S/C17H27N5O12S3/c1-35(27,28)33-9-7-19(8-10-34-36(2,29)30)17-15(22(25)26)11-14(21(23)24)12-16(17)37(31,32)20-5-3-13(18)4-6-20/h11-13H,3-10,18H2,1-2H3. The van der Waals surface area contributed by atoms with E-state index in [2.05, 4.69) is 8.37 Å². The van der Waals surface area contributed by atoms with E-state index in [1.807, 2.05) is 0 Å². The molecule has 0 saturated carbocycles. The number of nitro groups is 2. The molecule has 210 valence electrons. The van der Waals surface area contributed by atoms with Gasteiger partial charge in [-0.05, 0) is 12.8 Å². The van der Waals surface area contributed by atoms with Crippen LogP contribution in [0.3, 0.4) is 0 Å². The molecule has 2 N–H and O–H groups in total. The largest absolute Gasteiger partial charge is 0.360 e. The first kappa shape index (κ1) is 30.7. The van der Waals surface area contributed by atoms with Crippen LogP contribution in [0.5, 0.6) is 0 Å². The molecule has 1 aromatic rings. The molecule has 1 aromatic carbocycles. The molecular weight excluding hydrogens is 562 g/mol. The van der Waals surface area contributed by atoms with E-state index in [0.717, 1.165) is 21.7 Å². The molecule has 20 heteroatoms. The third-order valence-electron chi connectivity index (χ3n) is 5.20. The molecule has 2 rings (SSSR count). The van der Waals surface area contributed by atoms with E-state index >= 15 is 0 Å². The van der Waals surface area contributed by atoms with Gasteiger partial charge in [-0.25, -0.2) is 8.42 Å². The Bertz CT molecular complexity index is 1300. The van der Waals surface area contributed by atoms with Crippen LogP contribution in [0, 0.1) is 20.2 Å². The molecule has 0 aromatic heterocycles. The second-order valence-electron chi connectivity index (χ2n) is 8.11. The van der Waals surface area contributed by atoms with Gasteiger partial charge in [-0.3, -0.25) is 28.6 Å². The van der Waals surface area contributed by atoms with E-state index in [1.165, 1.54) is 0 Å². The summed E-state index contributed by atoms with van der Waals surface area (Å²) in [7, 11) is -12.5. The zero-order chi connectivity index (χ0) is 28.2. The Balaban J connectivity index is 2.71. The van der Waals surface area contributed by atoms with E-state index in [1.54, 1.807) is 0 Å². The van der Waals surface area contributed by atoms with Gasteiger partial charge < -0.3 is 10.6 Å². The number of anilines is 1. The van der Waals surface area contributed by atoms with Gasteiger partial charge in [-0.15, -0.1) is 0 Å². The van der Waals surface area contributed by atoms with Crippen molar-refractivity contribution in [1.82, 2.24) is 4.31 Å². The van der Waals surface area contributed by atoms with E-state index in [-0.39, 0.29) is 32.0 Å². The number of hydrogen-bond acceptors (Lipinski definition) is 14. The van der Waals surface area contributed by atoms with Gasteiger partial charge >= 0.3 is 5.69 Å². The molecule has 0 amide bonds. The number of nitrogens with zero attached hydrogens (tertiary/aromatic N) is 4. The molecule has 1 aliphatic rings. The van der Waals surface area contributed by atoms with Crippen LogP contribution in [0.4, 0.5) is 17.1 Å².